The molecule has 2 aliphatic carbocycles. The predicted octanol–water partition coefficient (Wildman–Crippen LogP) is 1.00. The maximum atomic E-state index is 6.47. The summed E-state index contributed by atoms with van der Waals surface area (Å²) in [5, 5.41) is 6.87. The SMILES string of the molecule is CNC1=C(C(N)NC2C=CC(C(C=NC3CC3)=CN)=CC2)CN(C)CC1. The average Bonchev–Trinajstić information content (AvgIpc) is 3.48. The van der Waals surface area contributed by atoms with Crippen LogP contribution in [0.2, 0.25) is 0 Å². The Labute approximate surface area is 156 Å². The number of rotatable bonds is 7. The monoisotopic (exact) mass is 356 g/mol. The molecule has 0 spiro atoms. The summed E-state index contributed by atoms with van der Waals surface area (Å²) in [5.41, 5.74) is 16.9. The number of nitrogens with one attached hydrogen (secondary N) is 2. The van der Waals surface area contributed by atoms with E-state index in [0.717, 1.165) is 37.1 Å². The van der Waals surface area contributed by atoms with Gasteiger partial charge in [0.1, 0.15) is 0 Å². The number of hydrogen-bond acceptors (Lipinski definition) is 6. The quantitative estimate of drug-likeness (QED) is 0.403. The molecule has 3 rings (SSSR count). The number of hydrogen-bond donors (Lipinski definition) is 4. The standard InChI is InChI=1S/C20H32N6/c1-23-19-9-10-26(2)13-18(19)20(22)25-17-5-3-14(4-6-17)15(11-21)12-24-16-7-8-16/h3-5,11-12,16-17,20,23,25H,6-10,13,21-22H2,1-2H3. The van der Waals surface area contributed by atoms with E-state index < -0.39 is 0 Å². The van der Waals surface area contributed by atoms with E-state index in [9.17, 15) is 0 Å². The van der Waals surface area contributed by atoms with Crippen LogP contribution in [0.15, 0.2) is 51.8 Å². The minimum Gasteiger partial charge on any atom is -0.404 e. The number of nitrogens with zero attached hydrogens (tertiary/aromatic N) is 2. The highest BCUT2D eigenvalue weighted by Crippen LogP contribution is 2.24. The summed E-state index contributed by atoms with van der Waals surface area (Å²) in [6.07, 6.45) is 14.2. The molecule has 6 N–H and O–H groups in total. The summed E-state index contributed by atoms with van der Waals surface area (Å²) in [4.78, 5) is 6.84. The van der Waals surface area contributed by atoms with Gasteiger partial charge in [0.2, 0.25) is 0 Å². The molecule has 26 heavy (non-hydrogen) atoms. The van der Waals surface area contributed by atoms with Crippen molar-refractivity contribution in [3.63, 3.8) is 0 Å². The molecule has 1 fully saturated rings. The average molecular weight is 357 g/mol. The Hall–Kier alpha value is -1.89. The summed E-state index contributed by atoms with van der Waals surface area (Å²) in [6.45, 7) is 1.97. The van der Waals surface area contributed by atoms with Crippen LogP contribution in [-0.4, -0.2) is 56.5 Å². The molecular weight excluding hydrogens is 324 g/mol. The van der Waals surface area contributed by atoms with Crippen molar-refractivity contribution >= 4 is 6.21 Å². The Bertz CT molecular complexity index is 653. The zero-order chi connectivity index (χ0) is 18.5. The van der Waals surface area contributed by atoms with Gasteiger partial charge in [-0.15, -0.1) is 0 Å². The predicted molar refractivity (Wildman–Crippen MR) is 109 cm³/mol. The van der Waals surface area contributed by atoms with Crippen LogP contribution in [0.4, 0.5) is 0 Å². The van der Waals surface area contributed by atoms with Crippen LogP contribution in [0.3, 0.4) is 0 Å². The second-order valence-corrected chi connectivity index (χ2v) is 7.38. The van der Waals surface area contributed by atoms with Crippen LogP contribution in [0.25, 0.3) is 0 Å². The summed E-state index contributed by atoms with van der Waals surface area (Å²) in [7, 11) is 4.12. The molecule has 6 heteroatoms. The molecule has 2 unspecified atom stereocenters. The molecule has 0 amide bonds. The smallest absolute Gasteiger partial charge is 0.0806 e. The van der Waals surface area contributed by atoms with E-state index in [1.54, 1.807) is 6.20 Å². The Morgan fingerprint density at radius 2 is 2.23 bits per heavy atom. The lowest BCUT2D eigenvalue weighted by Gasteiger charge is -2.32. The van der Waals surface area contributed by atoms with Gasteiger partial charge in [0.15, 0.2) is 0 Å². The first-order valence-corrected chi connectivity index (χ1v) is 9.54. The van der Waals surface area contributed by atoms with Gasteiger partial charge in [-0.05, 0) is 43.9 Å². The first kappa shape index (κ1) is 18.9. The molecule has 1 aliphatic heterocycles. The third-order valence-electron chi connectivity index (χ3n) is 5.23. The number of allylic oxidation sites excluding steroid dienone is 3. The maximum Gasteiger partial charge on any atom is 0.0806 e. The molecule has 0 bridgehead atoms. The minimum absolute atomic E-state index is 0.147. The highest BCUT2D eigenvalue weighted by Gasteiger charge is 2.23. The molecule has 0 aromatic carbocycles. The molecule has 6 nitrogen and oxygen atoms in total. The van der Waals surface area contributed by atoms with Crippen LogP contribution in [0.5, 0.6) is 0 Å². The minimum atomic E-state index is -0.147. The van der Waals surface area contributed by atoms with Crippen LogP contribution in [0, 0.1) is 0 Å². The lowest BCUT2D eigenvalue weighted by atomic mass is 9.97. The fraction of sp³-hybridized carbons (Fsp3) is 0.550. The van der Waals surface area contributed by atoms with Crippen molar-refractivity contribution in [3.05, 3.63) is 46.8 Å². The van der Waals surface area contributed by atoms with E-state index in [2.05, 4.69) is 45.8 Å². The summed E-state index contributed by atoms with van der Waals surface area (Å²) >= 11 is 0. The number of aliphatic imine (C=N–C) groups is 1. The highest BCUT2D eigenvalue weighted by atomic mass is 15.1. The van der Waals surface area contributed by atoms with Gasteiger partial charge in [0.25, 0.3) is 0 Å². The van der Waals surface area contributed by atoms with Crippen LogP contribution < -0.4 is 22.1 Å². The molecular formula is C20H32N6. The topological polar surface area (TPSA) is 91.7 Å². The van der Waals surface area contributed by atoms with E-state index in [1.165, 1.54) is 24.1 Å². The molecule has 0 radical (unpaired) electrons. The molecule has 1 saturated carbocycles. The van der Waals surface area contributed by atoms with E-state index >= 15 is 0 Å². The van der Waals surface area contributed by atoms with Gasteiger partial charge < -0.3 is 21.7 Å². The summed E-state index contributed by atoms with van der Waals surface area (Å²) in [5.74, 6) is 0. The third-order valence-corrected chi connectivity index (χ3v) is 5.23. The van der Waals surface area contributed by atoms with Gasteiger partial charge in [0.05, 0.1) is 12.2 Å². The van der Waals surface area contributed by atoms with E-state index in [4.69, 9.17) is 11.5 Å². The lowest BCUT2D eigenvalue weighted by molar-refractivity contribution is 0.324. The first-order chi connectivity index (χ1) is 12.6. The fourth-order valence-electron chi connectivity index (χ4n) is 3.41. The zero-order valence-corrected chi connectivity index (χ0v) is 15.9. The number of nitrogens with two attached hydrogens (primary N) is 2. The molecule has 3 aliphatic rings. The Balaban J connectivity index is 1.58. The van der Waals surface area contributed by atoms with Crippen molar-refractivity contribution in [1.82, 2.24) is 15.5 Å². The van der Waals surface area contributed by atoms with Gasteiger partial charge >= 0.3 is 0 Å². The Kier molecular flexibility index (Phi) is 6.29. The maximum absolute atomic E-state index is 6.47. The molecule has 142 valence electrons. The fourth-order valence-corrected chi connectivity index (χ4v) is 3.41. The van der Waals surface area contributed by atoms with Crippen molar-refractivity contribution in [2.45, 2.75) is 43.9 Å². The van der Waals surface area contributed by atoms with Gasteiger partial charge in [-0.25, -0.2) is 0 Å². The van der Waals surface area contributed by atoms with Crippen molar-refractivity contribution in [1.29, 1.82) is 0 Å². The van der Waals surface area contributed by atoms with Crippen LogP contribution in [-0.2, 0) is 0 Å². The van der Waals surface area contributed by atoms with Crippen LogP contribution in [0.1, 0.15) is 25.7 Å². The second kappa shape index (κ2) is 8.66. The summed E-state index contributed by atoms with van der Waals surface area (Å²) in [6, 6.07) is 0.736. The van der Waals surface area contributed by atoms with E-state index in [1.807, 2.05) is 13.3 Å². The first-order valence-electron chi connectivity index (χ1n) is 9.54. The second-order valence-electron chi connectivity index (χ2n) is 7.38. The normalized spacial score (nSPS) is 26.3. The van der Waals surface area contributed by atoms with Crippen LogP contribution >= 0.6 is 0 Å². The largest absolute Gasteiger partial charge is 0.404 e. The molecule has 1 heterocycles. The molecule has 2 atom stereocenters. The van der Waals surface area contributed by atoms with Crippen molar-refractivity contribution in [2.24, 2.45) is 16.5 Å². The zero-order valence-electron chi connectivity index (χ0n) is 15.9. The van der Waals surface area contributed by atoms with Crippen molar-refractivity contribution in [2.75, 3.05) is 27.2 Å². The Morgan fingerprint density at radius 1 is 1.42 bits per heavy atom. The van der Waals surface area contributed by atoms with Gasteiger partial charge in [-0.1, -0.05) is 18.2 Å². The van der Waals surface area contributed by atoms with E-state index in [0.29, 0.717) is 6.04 Å². The van der Waals surface area contributed by atoms with E-state index in [-0.39, 0.29) is 12.2 Å². The van der Waals surface area contributed by atoms with Gasteiger partial charge in [-0.2, -0.15) is 0 Å². The Morgan fingerprint density at radius 3 is 2.85 bits per heavy atom. The van der Waals surface area contributed by atoms with Gasteiger partial charge in [0, 0.05) is 49.9 Å². The lowest BCUT2D eigenvalue weighted by Crippen LogP contribution is -2.49. The highest BCUT2D eigenvalue weighted by molar-refractivity contribution is 5.86. The van der Waals surface area contributed by atoms with Gasteiger partial charge in [-0.3, -0.25) is 10.3 Å². The van der Waals surface area contributed by atoms with Crippen molar-refractivity contribution in [3.8, 4) is 0 Å². The molecule has 0 saturated heterocycles. The third kappa shape index (κ3) is 4.84. The molecule has 0 aromatic heterocycles. The van der Waals surface area contributed by atoms with Crippen molar-refractivity contribution < 1.29 is 0 Å². The molecule has 0 aromatic rings. The summed E-state index contributed by atoms with van der Waals surface area (Å²) < 4.78 is 0. The number of likely N-dealkylation sites (N-methyl/N-ethyl adjacent to an activating group) is 1.